The number of fused-ring (bicyclic) bond motifs is 1. The van der Waals surface area contributed by atoms with Crippen molar-refractivity contribution in [1.29, 1.82) is 0 Å². The summed E-state index contributed by atoms with van der Waals surface area (Å²) in [7, 11) is -4.11. The van der Waals surface area contributed by atoms with Gasteiger partial charge in [0.2, 0.25) is 20.8 Å². The van der Waals surface area contributed by atoms with Crippen molar-refractivity contribution in [1.82, 2.24) is 9.97 Å². The SMILES string of the molecule is CCc1cnc(NN=C2C(=O)N(CC(C)C)c3ccccc3S2(=O)=O)nc1-c1ccccc1. The first-order valence-corrected chi connectivity index (χ1v) is 12.2. The van der Waals surface area contributed by atoms with Crippen LogP contribution in [0.15, 0.2) is 70.8 Å². The molecule has 0 fully saturated rings. The number of hydrazone groups is 1. The highest BCUT2D eigenvalue weighted by atomic mass is 32.2. The molecule has 0 radical (unpaired) electrons. The van der Waals surface area contributed by atoms with E-state index in [9.17, 15) is 13.2 Å². The van der Waals surface area contributed by atoms with Gasteiger partial charge in [0, 0.05) is 18.3 Å². The molecule has 1 aliphatic rings. The predicted molar refractivity (Wildman–Crippen MR) is 129 cm³/mol. The summed E-state index contributed by atoms with van der Waals surface area (Å²) in [5.41, 5.74) is 5.54. The number of nitrogens with one attached hydrogen (secondary N) is 1. The number of rotatable bonds is 6. The molecule has 2 aromatic carbocycles. The smallest absolute Gasteiger partial charge is 0.290 e. The number of carbonyl (C=O) groups is 1. The van der Waals surface area contributed by atoms with Crippen LogP contribution in [0.25, 0.3) is 11.3 Å². The largest absolute Gasteiger partial charge is 0.305 e. The van der Waals surface area contributed by atoms with Gasteiger partial charge in [-0.3, -0.25) is 4.79 Å². The maximum Gasteiger partial charge on any atom is 0.290 e. The van der Waals surface area contributed by atoms with Crippen LogP contribution >= 0.6 is 0 Å². The summed E-state index contributed by atoms with van der Waals surface area (Å²) in [6.45, 7) is 6.29. The van der Waals surface area contributed by atoms with Crippen LogP contribution in [-0.4, -0.2) is 35.9 Å². The number of carbonyl (C=O) groups excluding carboxylic acids is 1. The van der Waals surface area contributed by atoms with Crippen LogP contribution in [-0.2, 0) is 21.1 Å². The van der Waals surface area contributed by atoms with Gasteiger partial charge in [-0.1, -0.05) is 63.2 Å². The molecule has 8 nitrogen and oxygen atoms in total. The van der Waals surface area contributed by atoms with Gasteiger partial charge in [0.1, 0.15) is 0 Å². The quantitative estimate of drug-likeness (QED) is 0.556. The van der Waals surface area contributed by atoms with Crippen molar-refractivity contribution in [2.24, 2.45) is 11.0 Å². The van der Waals surface area contributed by atoms with E-state index in [4.69, 9.17) is 0 Å². The Kier molecular flexibility index (Phi) is 6.24. The Balaban J connectivity index is 1.74. The van der Waals surface area contributed by atoms with Gasteiger partial charge >= 0.3 is 0 Å². The van der Waals surface area contributed by atoms with E-state index in [2.05, 4.69) is 20.5 Å². The third kappa shape index (κ3) is 4.36. The minimum absolute atomic E-state index is 0.0537. The van der Waals surface area contributed by atoms with Crippen LogP contribution in [0.4, 0.5) is 11.6 Å². The second-order valence-electron chi connectivity index (χ2n) is 8.10. The summed E-state index contributed by atoms with van der Waals surface area (Å²) in [5, 5.41) is 3.42. The van der Waals surface area contributed by atoms with Crippen molar-refractivity contribution >= 4 is 32.4 Å². The molecule has 0 saturated heterocycles. The topological polar surface area (TPSA) is 105 Å². The maximum atomic E-state index is 13.2. The van der Waals surface area contributed by atoms with E-state index in [1.54, 1.807) is 24.4 Å². The first-order valence-electron chi connectivity index (χ1n) is 10.7. The second kappa shape index (κ2) is 9.11. The molecule has 0 saturated carbocycles. The Morgan fingerprint density at radius 1 is 1.06 bits per heavy atom. The standard InChI is InChI=1S/C24H25N5O3S/c1-4-17-14-25-24(26-21(17)18-10-6-5-7-11-18)28-27-22-23(30)29(15-16(2)3)19-12-8-9-13-20(19)33(22,31)32/h5-14,16H,4,15H2,1-3H3,(H,25,26,28). The van der Waals surface area contributed by atoms with E-state index in [0.29, 0.717) is 12.2 Å². The van der Waals surface area contributed by atoms with Crippen molar-refractivity contribution in [2.45, 2.75) is 32.1 Å². The minimum Gasteiger partial charge on any atom is -0.305 e. The highest BCUT2D eigenvalue weighted by molar-refractivity contribution is 8.08. The molecule has 1 aromatic heterocycles. The Hall–Kier alpha value is -3.59. The molecule has 0 aliphatic carbocycles. The molecule has 0 spiro atoms. The monoisotopic (exact) mass is 463 g/mol. The highest BCUT2D eigenvalue weighted by Gasteiger charge is 2.41. The average molecular weight is 464 g/mol. The fourth-order valence-electron chi connectivity index (χ4n) is 3.67. The summed E-state index contributed by atoms with van der Waals surface area (Å²) >= 11 is 0. The lowest BCUT2D eigenvalue weighted by Crippen LogP contribution is -2.46. The number of amides is 1. The van der Waals surface area contributed by atoms with E-state index in [-0.39, 0.29) is 16.8 Å². The van der Waals surface area contributed by atoms with E-state index in [1.807, 2.05) is 51.1 Å². The molecule has 2 heterocycles. The third-order valence-corrected chi connectivity index (χ3v) is 6.93. The van der Waals surface area contributed by atoms with Crippen molar-refractivity contribution in [2.75, 3.05) is 16.9 Å². The van der Waals surface area contributed by atoms with Crippen LogP contribution in [0, 0.1) is 5.92 Å². The molecule has 4 rings (SSSR count). The number of sulfone groups is 1. The van der Waals surface area contributed by atoms with Crippen LogP contribution < -0.4 is 10.3 Å². The van der Waals surface area contributed by atoms with Crippen molar-refractivity contribution in [3.8, 4) is 11.3 Å². The van der Waals surface area contributed by atoms with E-state index in [0.717, 1.165) is 23.2 Å². The van der Waals surface area contributed by atoms with Crippen molar-refractivity contribution < 1.29 is 13.2 Å². The van der Waals surface area contributed by atoms with Crippen LogP contribution in [0.5, 0.6) is 0 Å². The lowest BCUT2D eigenvalue weighted by atomic mass is 10.1. The molecule has 33 heavy (non-hydrogen) atoms. The van der Waals surface area contributed by atoms with Gasteiger partial charge in [-0.25, -0.2) is 23.8 Å². The van der Waals surface area contributed by atoms with E-state index >= 15 is 0 Å². The molecule has 0 bridgehead atoms. The molecular weight excluding hydrogens is 438 g/mol. The zero-order valence-electron chi connectivity index (χ0n) is 18.7. The Bertz CT molecular complexity index is 1320. The fraction of sp³-hybridized carbons (Fsp3) is 0.250. The molecular formula is C24H25N5O3S. The summed E-state index contributed by atoms with van der Waals surface area (Å²) in [6.07, 6.45) is 2.41. The fourth-order valence-corrected chi connectivity index (χ4v) is 5.10. The number of aryl methyl sites for hydroxylation is 1. The minimum atomic E-state index is -4.11. The zero-order chi connectivity index (χ0) is 23.6. The van der Waals surface area contributed by atoms with Gasteiger partial charge in [0.05, 0.1) is 16.3 Å². The number of hydrogen-bond donors (Lipinski definition) is 1. The highest BCUT2D eigenvalue weighted by Crippen LogP contribution is 2.33. The molecule has 170 valence electrons. The van der Waals surface area contributed by atoms with Crippen molar-refractivity contribution in [3.63, 3.8) is 0 Å². The lowest BCUT2D eigenvalue weighted by molar-refractivity contribution is -0.112. The zero-order valence-corrected chi connectivity index (χ0v) is 19.5. The molecule has 1 aliphatic heterocycles. The van der Waals surface area contributed by atoms with Crippen LogP contribution in [0.2, 0.25) is 0 Å². The number of benzene rings is 2. The third-order valence-electron chi connectivity index (χ3n) is 5.23. The van der Waals surface area contributed by atoms with Gasteiger partial charge in [-0.2, -0.15) is 5.10 Å². The molecule has 0 unspecified atom stereocenters. The van der Waals surface area contributed by atoms with Crippen molar-refractivity contribution in [3.05, 3.63) is 66.4 Å². The Labute approximate surface area is 193 Å². The number of hydrogen-bond acceptors (Lipinski definition) is 7. The number of nitrogens with zero attached hydrogens (tertiary/aromatic N) is 4. The van der Waals surface area contributed by atoms with Crippen LogP contribution in [0.3, 0.4) is 0 Å². The molecule has 0 atom stereocenters. The second-order valence-corrected chi connectivity index (χ2v) is 9.93. The maximum absolute atomic E-state index is 13.2. The molecule has 1 N–H and O–H groups in total. The van der Waals surface area contributed by atoms with Gasteiger partial charge < -0.3 is 4.90 Å². The molecule has 9 heteroatoms. The Morgan fingerprint density at radius 2 is 1.76 bits per heavy atom. The first-order chi connectivity index (χ1) is 15.8. The average Bonchev–Trinajstić information content (AvgIpc) is 2.82. The van der Waals surface area contributed by atoms with E-state index < -0.39 is 20.8 Å². The van der Waals surface area contributed by atoms with Gasteiger partial charge in [0.25, 0.3) is 5.91 Å². The predicted octanol–water partition coefficient (Wildman–Crippen LogP) is 3.91. The van der Waals surface area contributed by atoms with Gasteiger partial charge in [0.15, 0.2) is 0 Å². The van der Waals surface area contributed by atoms with E-state index in [1.165, 1.54) is 11.0 Å². The first kappa shape index (κ1) is 22.6. The summed E-state index contributed by atoms with van der Waals surface area (Å²) in [4.78, 5) is 23.5. The number of anilines is 2. The number of aromatic nitrogens is 2. The normalized spacial score (nSPS) is 16.2. The van der Waals surface area contributed by atoms with Gasteiger partial charge in [-0.05, 0) is 30.0 Å². The molecule has 3 aromatic rings. The Morgan fingerprint density at radius 3 is 2.45 bits per heavy atom. The summed E-state index contributed by atoms with van der Waals surface area (Å²) < 4.78 is 26.4. The summed E-state index contributed by atoms with van der Waals surface area (Å²) in [6, 6.07) is 16.1. The number of para-hydroxylation sites is 1. The molecule has 1 amide bonds. The van der Waals surface area contributed by atoms with Gasteiger partial charge in [-0.15, -0.1) is 0 Å². The summed E-state index contributed by atoms with van der Waals surface area (Å²) in [5.74, 6) is -0.436. The lowest BCUT2D eigenvalue weighted by Gasteiger charge is -2.30. The van der Waals surface area contributed by atoms with Crippen LogP contribution in [0.1, 0.15) is 26.3 Å².